The lowest BCUT2D eigenvalue weighted by molar-refractivity contribution is -0.274. The fourth-order valence-corrected chi connectivity index (χ4v) is 3.01. The number of piperazine rings is 1. The highest BCUT2D eigenvalue weighted by atomic mass is 19.4. The molecule has 0 bridgehead atoms. The first-order valence-corrected chi connectivity index (χ1v) is 9.94. The van der Waals surface area contributed by atoms with Crippen LogP contribution in [0.5, 0.6) is 5.75 Å². The number of carbonyl (C=O) groups excluding carboxylic acids is 2. The highest BCUT2D eigenvalue weighted by Gasteiger charge is 2.32. The van der Waals surface area contributed by atoms with E-state index in [9.17, 15) is 22.8 Å². The van der Waals surface area contributed by atoms with E-state index in [4.69, 9.17) is 0 Å². The van der Waals surface area contributed by atoms with E-state index in [1.165, 1.54) is 18.2 Å². The van der Waals surface area contributed by atoms with E-state index in [0.29, 0.717) is 45.2 Å². The summed E-state index contributed by atoms with van der Waals surface area (Å²) in [6.07, 6.45) is -4.79. The standard InChI is InChI=1S/C20H29F3N4O3/c1-15(2)11-24-18(28)13-26-7-9-27(10-8-26)14-19(29)25-12-16-5-3-4-6-17(16)30-20(21,22)23/h3-6,15H,7-14H2,1-2H3,(H,24,28)(H,25,29). The Hall–Kier alpha value is -2.33. The molecule has 7 nitrogen and oxygen atoms in total. The van der Waals surface area contributed by atoms with Crippen LogP contribution in [0.4, 0.5) is 13.2 Å². The number of para-hydroxylation sites is 1. The monoisotopic (exact) mass is 430 g/mol. The lowest BCUT2D eigenvalue weighted by atomic mass is 10.2. The van der Waals surface area contributed by atoms with Crippen LogP contribution >= 0.6 is 0 Å². The number of carbonyl (C=O) groups is 2. The molecule has 0 spiro atoms. The number of halogens is 3. The first-order valence-electron chi connectivity index (χ1n) is 9.94. The molecule has 0 unspecified atom stereocenters. The van der Waals surface area contributed by atoms with Gasteiger partial charge in [0.15, 0.2) is 0 Å². The molecule has 0 atom stereocenters. The highest BCUT2D eigenvalue weighted by molar-refractivity contribution is 5.78. The zero-order valence-corrected chi connectivity index (χ0v) is 17.3. The van der Waals surface area contributed by atoms with Gasteiger partial charge in [-0.15, -0.1) is 13.2 Å². The minimum Gasteiger partial charge on any atom is -0.405 e. The molecular formula is C20H29F3N4O3. The molecule has 1 fully saturated rings. The second kappa shape index (κ2) is 11.2. The van der Waals surface area contributed by atoms with Gasteiger partial charge >= 0.3 is 6.36 Å². The summed E-state index contributed by atoms with van der Waals surface area (Å²) in [6, 6.07) is 5.71. The fourth-order valence-electron chi connectivity index (χ4n) is 3.01. The number of alkyl halides is 3. The molecule has 1 aliphatic rings. The van der Waals surface area contributed by atoms with Crippen LogP contribution in [0, 0.1) is 5.92 Å². The molecule has 1 saturated heterocycles. The predicted molar refractivity (Wildman–Crippen MR) is 106 cm³/mol. The number of rotatable bonds is 9. The first-order chi connectivity index (χ1) is 14.1. The molecule has 0 aliphatic carbocycles. The second-order valence-electron chi connectivity index (χ2n) is 7.68. The number of hydrogen-bond acceptors (Lipinski definition) is 5. The minimum absolute atomic E-state index is 0.00497. The number of nitrogens with one attached hydrogen (secondary N) is 2. The summed E-state index contributed by atoms with van der Waals surface area (Å²) < 4.78 is 41.4. The Morgan fingerprint density at radius 2 is 1.53 bits per heavy atom. The van der Waals surface area contributed by atoms with Crippen LogP contribution in [0.1, 0.15) is 19.4 Å². The van der Waals surface area contributed by atoms with Crippen LogP contribution in [0.2, 0.25) is 0 Å². The van der Waals surface area contributed by atoms with Crippen LogP contribution in [0.15, 0.2) is 24.3 Å². The Morgan fingerprint density at radius 1 is 1.00 bits per heavy atom. The van der Waals surface area contributed by atoms with Crippen LogP contribution < -0.4 is 15.4 Å². The van der Waals surface area contributed by atoms with E-state index in [-0.39, 0.29) is 36.2 Å². The number of benzene rings is 1. The third-order valence-electron chi connectivity index (χ3n) is 4.58. The topological polar surface area (TPSA) is 73.9 Å². The molecule has 1 heterocycles. The van der Waals surface area contributed by atoms with Crippen LogP contribution in [-0.2, 0) is 16.1 Å². The van der Waals surface area contributed by atoms with Crippen molar-refractivity contribution in [2.24, 2.45) is 5.92 Å². The average molecular weight is 430 g/mol. The second-order valence-corrected chi connectivity index (χ2v) is 7.68. The molecule has 0 aromatic heterocycles. The van der Waals surface area contributed by atoms with Gasteiger partial charge in [-0.1, -0.05) is 32.0 Å². The molecule has 30 heavy (non-hydrogen) atoms. The van der Waals surface area contributed by atoms with Crippen molar-refractivity contribution in [1.29, 1.82) is 0 Å². The van der Waals surface area contributed by atoms with Crippen molar-refractivity contribution in [2.45, 2.75) is 26.8 Å². The van der Waals surface area contributed by atoms with Gasteiger partial charge in [0.25, 0.3) is 0 Å². The Morgan fingerprint density at radius 3 is 2.07 bits per heavy atom. The summed E-state index contributed by atoms with van der Waals surface area (Å²) in [5.74, 6) is -0.208. The lowest BCUT2D eigenvalue weighted by Crippen LogP contribution is -2.51. The van der Waals surface area contributed by atoms with Gasteiger partial charge in [-0.2, -0.15) is 0 Å². The van der Waals surface area contributed by atoms with Crippen molar-refractivity contribution in [3.8, 4) is 5.75 Å². The SMILES string of the molecule is CC(C)CNC(=O)CN1CCN(CC(=O)NCc2ccccc2OC(F)(F)F)CC1. The number of nitrogens with zero attached hydrogens (tertiary/aromatic N) is 2. The average Bonchev–Trinajstić information content (AvgIpc) is 2.66. The molecule has 10 heteroatoms. The molecular weight excluding hydrogens is 401 g/mol. The van der Waals surface area contributed by atoms with E-state index < -0.39 is 6.36 Å². The summed E-state index contributed by atoms with van der Waals surface area (Å²) in [4.78, 5) is 28.1. The van der Waals surface area contributed by atoms with Crippen LogP contribution in [-0.4, -0.2) is 73.8 Å². The van der Waals surface area contributed by atoms with E-state index >= 15 is 0 Å². The number of ether oxygens (including phenoxy) is 1. The van der Waals surface area contributed by atoms with E-state index in [0.717, 1.165) is 0 Å². The van der Waals surface area contributed by atoms with Crippen LogP contribution in [0.3, 0.4) is 0 Å². The molecule has 0 saturated carbocycles. The molecule has 0 radical (unpaired) electrons. The summed E-state index contributed by atoms with van der Waals surface area (Å²) >= 11 is 0. The molecule has 2 N–H and O–H groups in total. The maximum absolute atomic E-state index is 12.5. The van der Waals surface area contributed by atoms with E-state index in [1.807, 2.05) is 23.6 Å². The zero-order chi connectivity index (χ0) is 22.1. The van der Waals surface area contributed by atoms with Crippen molar-refractivity contribution in [3.05, 3.63) is 29.8 Å². The van der Waals surface area contributed by atoms with Crippen molar-refractivity contribution >= 4 is 11.8 Å². The number of amides is 2. The molecule has 1 aromatic rings. The van der Waals surface area contributed by atoms with Gasteiger partial charge in [0, 0.05) is 44.8 Å². The third-order valence-corrected chi connectivity index (χ3v) is 4.58. The smallest absolute Gasteiger partial charge is 0.405 e. The largest absolute Gasteiger partial charge is 0.573 e. The van der Waals surface area contributed by atoms with Crippen molar-refractivity contribution in [1.82, 2.24) is 20.4 Å². The number of hydrogen-bond donors (Lipinski definition) is 2. The minimum atomic E-state index is -4.79. The summed E-state index contributed by atoms with van der Waals surface area (Å²) in [5, 5.41) is 5.52. The normalized spacial score (nSPS) is 15.8. The van der Waals surface area contributed by atoms with Gasteiger partial charge in [-0.25, -0.2) is 0 Å². The van der Waals surface area contributed by atoms with Gasteiger partial charge in [0.2, 0.25) is 11.8 Å². The van der Waals surface area contributed by atoms with Crippen molar-refractivity contribution in [2.75, 3.05) is 45.8 Å². The molecule has 1 aromatic carbocycles. The molecule has 2 rings (SSSR count). The Balaban J connectivity index is 1.71. The van der Waals surface area contributed by atoms with Gasteiger partial charge < -0.3 is 15.4 Å². The zero-order valence-electron chi connectivity index (χ0n) is 17.3. The van der Waals surface area contributed by atoms with Crippen molar-refractivity contribution < 1.29 is 27.5 Å². The maximum atomic E-state index is 12.5. The van der Waals surface area contributed by atoms with Gasteiger partial charge in [-0.3, -0.25) is 19.4 Å². The summed E-state index contributed by atoms with van der Waals surface area (Å²) in [6.45, 7) is 7.76. The molecule has 2 amide bonds. The Labute approximate surface area is 174 Å². The Kier molecular flexibility index (Phi) is 8.91. The predicted octanol–water partition coefficient (Wildman–Crippen LogP) is 1.59. The van der Waals surface area contributed by atoms with Crippen molar-refractivity contribution in [3.63, 3.8) is 0 Å². The van der Waals surface area contributed by atoms with Gasteiger partial charge in [0.05, 0.1) is 13.1 Å². The molecule has 1 aliphatic heterocycles. The van der Waals surface area contributed by atoms with E-state index in [2.05, 4.69) is 15.4 Å². The van der Waals surface area contributed by atoms with E-state index in [1.54, 1.807) is 6.07 Å². The van der Waals surface area contributed by atoms with Crippen LogP contribution in [0.25, 0.3) is 0 Å². The first kappa shape index (κ1) is 23.9. The summed E-state index contributed by atoms with van der Waals surface area (Å²) in [5.41, 5.74) is 0.250. The lowest BCUT2D eigenvalue weighted by Gasteiger charge is -2.33. The quantitative estimate of drug-likeness (QED) is 0.623. The third kappa shape index (κ3) is 9.00. The van der Waals surface area contributed by atoms with Gasteiger partial charge in [-0.05, 0) is 12.0 Å². The summed E-state index contributed by atoms with van der Waals surface area (Å²) in [7, 11) is 0. The Bertz CT molecular complexity index is 705. The molecule has 168 valence electrons. The highest BCUT2D eigenvalue weighted by Crippen LogP contribution is 2.26. The van der Waals surface area contributed by atoms with Gasteiger partial charge in [0.1, 0.15) is 5.75 Å². The maximum Gasteiger partial charge on any atom is 0.573 e. The fraction of sp³-hybridized carbons (Fsp3) is 0.600.